The minimum Gasteiger partial charge on any atom is -0.435 e. The highest BCUT2D eigenvalue weighted by Gasteiger charge is 2.12. The molecular weight excluding hydrogens is 266 g/mol. The fraction of sp³-hybridized carbons (Fsp3) is 0.455. The Bertz CT molecular complexity index is 470. The van der Waals surface area contributed by atoms with Crippen LogP contribution in [-0.2, 0) is 9.84 Å². The number of hydrogen-bond donors (Lipinski definition) is 1. The van der Waals surface area contributed by atoms with Crippen LogP contribution in [0.2, 0.25) is 0 Å². The molecule has 1 aromatic carbocycles. The molecule has 7 heteroatoms. The number of ether oxygens (including phenoxy) is 1. The molecule has 0 saturated carbocycles. The van der Waals surface area contributed by atoms with Crippen LogP contribution in [0.5, 0.6) is 5.75 Å². The lowest BCUT2D eigenvalue weighted by atomic mass is 10.1. The van der Waals surface area contributed by atoms with Gasteiger partial charge < -0.3 is 9.84 Å². The maximum Gasteiger partial charge on any atom is 0.387 e. The summed E-state index contributed by atoms with van der Waals surface area (Å²) in [5.74, 6) is -0.146. The normalized spacial score (nSPS) is 13.6. The average molecular weight is 280 g/mol. The van der Waals surface area contributed by atoms with Gasteiger partial charge in [-0.25, -0.2) is 8.42 Å². The van der Waals surface area contributed by atoms with Gasteiger partial charge in [-0.3, -0.25) is 0 Å². The highest BCUT2D eigenvalue weighted by molar-refractivity contribution is 7.90. The van der Waals surface area contributed by atoms with E-state index in [9.17, 15) is 22.3 Å². The lowest BCUT2D eigenvalue weighted by Gasteiger charge is -2.11. The van der Waals surface area contributed by atoms with Gasteiger partial charge in [-0.05, 0) is 24.1 Å². The average Bonchev–Trinajstić information content (AvgIpc) is 2.25. The van der Waals surface area contributed by atoms with E-state index in [1.54, 1.807) is 0 Å². The van der Waals surface area contributed by atoms with Crippen molar-refractivity contribution in [2.24, 2.45) is 0 Å². The first-order valence-corrected chi connectivity index (χ1v) is 7.24. The number of sulfone groups is 1. The first-order chi connectivity index (χ1) is 8.28. The summed E-state index contributed by atoms with van der Waals surface area (Å²) in [5, 5.41) is 9.70. The summed E-state index contributed by atoms with van der Waals surface area (Å²) in [5.41, 5.74) is 0.459. The van der Waals surface area contributed by atoms with E-state index in [1.807, 2.05) is 0 Å². The molecule has 1 aromatic rings. The van der Waals surface area contributed by atoms with Crippen LogP contribution >= 0.6 is 0 Å². The maximum absolute atomic E-state index is 11.9. The third kappa shape index (κ3) is 5.42. The van der Waals surface area contributed by atoms with Crippen molar-refractivity contribution in [3.8, 4) is 5.75 Å². The number of rotatable bonds is 6. The van der Waals surface area contributed by atoms with Gasteiger partial charge in [-0.2, -0.15) is 8.78 Å². The minimum atomic E-state index is -3.14. The molecule has 18 heavy (non-hydrogen) atoms. The Morgan fingerprint density at radius 1 is 1.28 bits per heavy atom. The van der Waals surface area contributed by atoms with Crippen molar-refractivity contribution in [1.82, 2.24) is 0 Å². The Labute approximate surface area is 104 Å². The molecule has 0 bridgehead atoms. The van der Waals surface area contributed by atoms with Gasteiger partial charge in [0.2, 0.25) is 0 Å². The molecule has 0 fully saturated rings. The second-order valence-corrected chi connectivity index (χ2v) is 6.14. The summed E-state index contributed by atoms with van der Waals surface area (Å²) in [7, 11) is -3.14. The van der Waals surface area contributed by atoms with Gasteiger partial charge in [0.25, 0.3) is 0 Å². The van der Waals surface area contributed by atoms with Crippen LogP contribution in [0.1, 0.15) is 18.1 Å². The molecule has 4 nitrogen and oxygen atoms in total. The molecule has 0 aliphatic carbocycles. The molecule has 0 spiro atoms. The van der Waals surface area contributed by atoms with E-state index < -0.39 is 22.6 Å². The predicted octanol–water partition coefficient (Wildman–Crippen LogP) is 1.76. The molecule has 1 N–H and O–H groups in total. The number of aliphatic hydroxyl groups excluding tert-OH is 1. The predicted molar refractivity (Wildman–Crippen MR) is 62.4 cm³/mol. The number of halogens is 2. The van der Waals surface area contributed by atoms with E-state index in [0.29, 0.717) is 5.56 Å². The SMILES string of the molecule is CS(=O)(=O)CCC(O)c1ccc(OC(F)F)cc1. The number of hydrogen-bond acceptors (Lipinski definition) is 4. The monoisotopic (exact) mass is 280 g/mol. The van der Waals surface area contributed by atoms with Gasteiger partial charge >= 0.3 is 6.61 Å². The van der Waals surface area contributed by atoms with Gasteiger partial charge in [-0.15, -0.1) is 0 Å². The topological polar surface area (TPSA) is 63.6 Å². The van der Waals surface area contributed by atoms with E-state index in [0.717, 1.165) is 6.26 Å². The summed E-state index contributed by atoms with van der Waals surface area (Å²) in [6.45, 7) is -2.90. The van der Waals surface area contributed by atoms with E-state index in [1.165, 1.54) is 24.3 Å². The van der Waals surface area contributed by atoms with Crippen molar-refractivity contribution in [1.29, 1.82) is 0 Å². The Hall–Kier alpha value is -1.21. The maximum atomic E-state index is 11.9. The lowest BCUT2D eigenvalue weighted by molar-refractivity contribution is -0.0498. The molecular formula is C11H14F2O4S. The van der Waals surface area contributed by atoms with Crippen molar-refractivity contribution in [2.75, 3.05) is 12.0 Å². The summed E-state index contributed by atoms with van der Waals surface area (Å²) in [4.78, 5) is 0. The van der Waals surface area contributed by atoms with E-state index in [-0.39, 0.29) is 17.9 Å². The van der Waals surface area contributed by atoms with Crippen molar-refractivity contribution in [2.45, 2.75) is 19.1 Å². The first kappa shape index (κ1) is 14.8. The summed E-state index contributed by atoms with van der Waals surface area (Å²) < 4.78 is 49.8. The third-order valence-electron chi connectivity index (χ3n) is 2.25. The quantitative estimate of drug-likeness (QED) is 0.862. The minimum absolute atomic E-state index is 0.0101. The second kappa shape index (κ2) is 6.10. The molecule has 0 heterocycles. The van der Waals surface area contributed by atoms with Gasteiger partial charge in [0, 0.05) is 6.26 Å². The molecule has 0 aliphatic heterocycles. The number of alkyl halides is 2. The van der Waals surface area contributed by atoms with Crippen LogP contribution in [0.3, 0.4) is 0 Å². The number of benzene rings is 1. The fourth-order valence-corrected chi connectivity index (χ4v) is 2.02. The van der Waals surface area contributed by atoms with E-state index >= 15 is 0 Å². The zero-order chi connectivity index (χ0) is 13.8. The first-order valence-electron chi connectivity index (χ1n) is 5.18. The van der Waals surface area contributed by atoms with Crippen molar-refractivity contribution in [3.63, 3.8) is 0 Å². The van der Waals surface area contributed by atoms with Gasteiger partial charge in [0.05, 0.1) is 11.9 Å². The molecule has 0 aromatic heterocycles. The molecule has 1 unspecified atom stereocenters. The van der Waals surface area contributed by atoms with Crippen LogP contribution in [0.15, 0.2) is 24.3 Å². The second-order valence-electron chi connectivity index (χ2n) is 3.88. The highest BCUT2D eigenvalue weighted by atomic mass is 32.2. The molecule has 1 atom stereocenters. The van der Waals surface area contributed by atoms with Gasteiger partial charge in [-0.1, -0.05) is 12.1 Å². The summed E-state index contributed by atoms with van der Waals surface area (Å²) >= 11 is 0. The Kier molecular flexibility index (Phi) is 5.03. The zero-order valence-electron chi connectivity index (χ0n) is 9.71. The smallest absolute Gasteiger partial charge is 0.387 e. The van der Waals surface area contributed by atoms with Crippen LogP contribution in [0, 0.1) is 0 Å². The summed E-state index contributed by atoms with van der Waals surface area (Å²) in [6.07, 6.45) is 0.202. The summed E-state index contributed by atoms with van der Waals surface area (Å²) in [6, 6.07) is 5.44. The van der Waals surface area contributed by atoms with Crippen molar-refractivity contribution < 1.29 is 27.0 Å². The molecule has 1 rings (SSSR count). The Balaban J connectivity index is 2.61. The van der Waals surface area contributed by atoms with Crippen LogP contribution in [-0.4, -0.2) is 32.1 Å². The highest BCUT2D eigenvalue weighted by Crippen LogP contribution is 2.21. The zero-order valence-corrected chi connectivity index (χ0v) is 10.5. The Morgan fingerprint density at radius 3 is 2.28 bits per heavy atom. The Morgan fingerprint density at radius 2 is 1.83 bits per heavy atom. The molecule has 0 aliphatic rings. The lowest BCUT2D eigenvalue weighted by Crippen LogP contribution is -2.08. The van der Waals surface area contributed by atoms with Crippen LogP contribution in [0.4, 0.5) is 8.78 Å². The van der Waals surface area contributed by atoms with Crippen molar-refractivity contribution in [3.05, 3.63) is 29.8 Å². The third-order valence-corrected chi connectivity index (χ3v) is 3.23. The van der Waals surface area contributed by atoms with Gasteiger partial charge in [0.1, 0.15) is 15.6 Å². The van der Waals surface area contributed by atoms with E-state index in [2.05, 4.69) is 4.74 Å². The van der Waals surface area contributed by atoms with Crippen LogP contribution in [0.25, 0.3) is 0 Å². The molecule has 0 radical (unpaired) electrons. The molecule has 102 valence electrons. The number of aliphatic hydroxyl groups is 1. The van der Waals surface area contributed by atoms with Gasteiger partial charge in [0.15, 0.2) is 0 Å². The fourth-order valence-electron chi connectivity index (χ4n) is 1.36. The standard InChI is InChI=1S/C11H14F2O4S/c1-18(15,16)7-6-10(14)8-2-4-9(5-3-8)17-11(12)13/h2-5,10-11,14H,6-7H2,1H3. The largest absolute Gasteiger partial charge is 0.435 e. The molecule has 0 saturated heterocycles. The van der Waals surface area contributed by atoms with E-state index in [4.69, 9.17) is 0 Å². The van der Waals surface area contributed by atoms with Crippen molar-refractivity contribution >= 4 is 9.84 Å². The van der Waals surface area contributed by atoms with Crippen LogP contribution < -0.4 is 4.74 Å². The molecule has 0 amide bonds.